The number of hydrogen-bond acceptors (Lipinski definition) is 6. The standard InChI is InChI=1S/C15H23N5O3S/c1-19(13-3-5-16-11-17-13)12-7-15(8-12)4-6-20(10-15)14(21)9-18-24(2,22)23/h3,5,11-12,18H,4,6-10H2,1-2H3. The first-order chi connectivity index (χ1) is 11.3. The highest BCUT2D eigenvalue weighted by Crippen LogP contribution is 2.50. The number of hydrogen-bond donors (Lipinski definition) is 1. The zero-order valence-electron chi connectivity index (χ0n) is 14.0. The number of sulfonamides is 1. The Kier molecular flexibility index (Phi) is 4.48. The SMILES string of the molecule is CN(c1ccncn1)C1CC2(CCN(C(=O)CNS(C)(=O)=O)C2)C1. The number of anilines is 1. The van der Waals surface area contributed by atoms with Crippen LogP contribution in [0.2, 0.25) is 0 Å². The summed E-state index contributed by atoms with van der Waals surface area (Å²) < 4.78 is 24.5. The van der Waals surface area contributed by atoms with Gasteiger partial charge in [-0.15, -0.1) is 0 Å². The molecular weight excluding hydrogens is 330 g/mol. The van der Waals surface area contributed by atoms with Crippen molar-refractivity contribution in [3.05, 3.63) is 18.6 Å². The van der Waals surface area contributed by atoms with Gasteiger partial charge in [0.2, 0.25) is 15.9 Å². The normalized spacial score (nSPS) is 26.4. The van der Waals surface area contributed by atoms with Crippen molar-refractivity contribution >= 4 is 21.7 Å². The molecule has 9 heteroatoms. The van der Waals surface area contributed by atoms with Crippen molar-refractivity contribution in [2.75, 3.05) is 37.8 Å². The van der Waals surface area contributed by atoms with Crippen molar-refractivity contribution in [2.45, 2.75) is 25.3 Å². The summed E-state index contributed by atoms with van der Waals surface area (Å²) in [6.45, 7) is 1.26. The van der Waals surface area contributed by atoms with Crippen LogP contribution in [0.3, 0.4) is 0 Å². The molecule has 3 rings (SSSR count). The van der Waals surface area contributed by atoms with Gasteiger partial charge in [0.15, 0.2) is 0 Å². The van der Waals surface area contributed by atoms with Crippen LogP contribution in [0.15, 0.2) is 18.6 Å². The van der Waals surface area contributed by atoms with Gasteiger partial charge in [-0.3, -0.25) is 4.79 Å². The fourth-order valence-electron chi connectivity index (χ4n) is 3.68. The number of carbonyl (C=O) groups is 1. The zero-order chi connectivity index (χ0) is 17.4. The second-order valence-electron chi connectivity index (χ2n) is 6.90. The Bertz CT molecular complexity index is 703. The fraction of sp³-hybridized carbons (Fsp3) is 0.667. The lowest BCUT2D eigenvalue weighted by Gasteiger charge is -2.49. The minimum Gasteiger partial charge on any atom is -0.357 e. The second-order valence-corrected chi connectivity index (χ2v) is 8.73. The van der Waals surface area contributed by atoms with Crippen LogP contribution in [0.1, 0.15) is 19.3 Å². The fourth-order valence-corrected chi connectivity index (χ4v) is 4.06. The molecule has 2 aliphatic rings. The van der Waals surface area contributed by atoms with E-state index in [4.69, 9.17) is 0 Å². The van der Waals surface area contributed by atoms with Gasteiger partial charge in [-0.2, -0.15) is 0 Å². The van der Waals surface area contributed by atoms with Crippen LogP contribution < -0.4 is 9.62 Å². The highest BCUT2D eigenvalue weighted by atomic mass is 32.2. The largest absolute Gasteiger partial charge is 0.357 e. The highest BCUT2D eigenvalue weighted by molar-refractivity contribution is 7.88. The highest BCUT2D eigenvalue weighted by Gasteiger charge is 2.50. The van der Waals surface area contributed by atoms with Gasteiger partial charge in [0.1, 0.15) is 12.1 Å². The molecule has 1 aliphatic carbocycles. The summed E-state index contributed by atoms with van der Waals surface area (Å²) >= 11 is 0. The van der Waals surface area contributed by atoms with E-state index >= 15 is 0 Å². The van der Waals surface area contributed by atoms with E-state index in [0.717, 1.165) is 31.3 Å². The Morgan fingerprint density at radius 1 is 1.50 bits per heavy atom. The second kappa shape index (κ2) is 6.29. The molecule has 1 aliphatic heterocycles. The van der Waals surface area contributed by atoms with Crippen LogP contribution in [-0.4, -0.2) is 68.2 Å². The molecular formula is C15H23N5O3S. The number of carbonyl (C=O) groups excluding carboxylic acids is 1. The van der Waals surface area contributed by atoms with Crippen LogP contribution in [-0.2, 0) is 14.8 Å². The van der Waals surface area contributed by atoms with Gasteiger partial charge in [-0.25, -0.2) is 23.1 Å². The Balaban J connectivity index is 1.51. The lowest BCUT2D eigenvalue weighted by atomic mass is 9.64. The van der Waals surface area contributed by atoms with Gasteiger partial charge in [-0.1, -0.05) is 0 Å². The third-order valence-electron chi connectivity index (χ3n) is 5.09. The van der Waals surface area contributed by atoms with E-state index < -0.39 is 10.0 Å². The van der Waals surface area contributed by atoms with Crippen LogP contribution in [0.4, 0.5) is 5.82 Å². The Hall–Kier alpha value is -1.74. The van der Waals surface area contributed by atoms with Crippen molar-refractivity contribution in [2.24, 2.45) is 5.41 Å². The van der Waals surface area contributed by atoms with Crippen LogP contribution in [0, 0.1) is 5.41 Å². The van der Waals surface area contributed by atoms with E-state index in [2.05, 4.69) is 19.6 Å². The molecule has 2 heterocycles. The van der Waals surface area contributed by atoms with E-state index in [-0.39, 0.29) is 17.9 Å². The number of nitrogens with zero attached hydrogens (tertiary/aromatic N) is 4. The average Bonchev–Trinajstić information content (AvgIpc) is 2.96. The summed E-state index contributed by atoms with van der Waals surface area (Å²) in [5, 5.41) is 0. The van der Waals surface area contributed by atoms with Crippen LogP contribution in [0.25, 0.3) is 0 Å². The Labute approximate surface area is 142 Å². The molecule has 1 saturated carbocycles. The van der Waals surface area contributed by atoms with Crippen molar-refractivity contribution < 1.29 is 13.2 Å². The van der Waals surface area contributed by atoms with Crippen molar-refractivity contribution in [1.29, 1.82) is 0 Å². The molecule has 1 saturated heterocycles. The summed E-state index contributed by atoms with van der Waals surface area (Å²) in [5.74, 6) is 0.762. The molecule has 0 atom stereocenters. The molecule has 8 nitrogen and oxygen atoms in total. The summed E-state index contributed by atoms with van der Waals surface area (Å²) in [5.41, 5.74) is 0.173. The molecule has 132 valence electrons. The monoisotopic (exact) mass is 353 g/mol. The van der Waals surface area contributed by atoms with E-state index in [9.17, 15) is 13.2 Å². The number of rotatable bonds is 5. The number of likely N-dealkylation sites (tertiary alicyclic amines) is 1. The quantitative estimate of drug-likeness (QED) is 0.790. The summed E-state index contributed by atoms with van der Waals surface area (Å²) in [7, 11) is -1.30. The molecule has 0 aromatic carbocycles. The molecule has 1 aromatic rings. The zero-order valence-corrected chi connectivity index (χ0v) is 14.8. The summed E-state index contributed by atoms with van der Waals surface area (Å²) in [6.07, 6.45) is 7.37. The molecule has 1 spiro atoms. The smallest absolute Gasteiger partial charge is 0.237 e. The van der Waals surface area contributed by atoms with Gasteiger partial charge in [0.25, 0.3) is 0 Å². The van der Waals surface area contributed by atoms with Gasteiger partial charge >= 0.3 is 0 Å². The van der Waals surface area contributed by atoms with Crippen molar-refractivity contribution in [3.8, 4) is 0 Å². The first kappa shape index (κ1) is 17.1. The Morgan fingerprint density at radius 3 is 2.88 bits per heavy atom. The minimum atomic E-state index is -3.34. The third kappa shape index (κ3) is 3.67. The number of amides is 1. The van der Waals surface area contributed by atoms with Gasteiger partial charge in [0, 0.05) is 32.4 Å². The Morgan fingerprint density at radius 2 is 2.25 bits per heavy atom. The topological polar surface area (TPSA) is 95.5 Å². The third-order valence-corrected chi connectivity index (χ3v) is 5.76. The molecule has 0 unspecified atom stereocenters. The predicted molar refractivity (Wildman–Crippen MR) is 89.9 cm³/mol. The average molecular weight is 353 g/mol. The maximum absolute atomic E-state index is 12.1. The first-order valence-electron chi connectivity index (χ1n) is 7.99. The molecule has 24 heavy (non-hydrogen) atoms. The maximum atomic E-state index is 12.1. The van der Waals surface area contributed by atoms with Gasteiger partial charge in [-0.05, 0) is 30.7 Å². The molecule has 1 aromatic heterocycles. The van der Waals surface area contributed by atoms with Gasteiger partial charge in [0.05, 0.1) is 12.8 Å². The van der Waals surface area contributed by atoms with Gasteiger partial charge < -0.3 is 9.80 Å². The van der Waals surface area contributed by atoms with E-state index in [0.29, 0.717) is 19.1 Å². The van der Waals surface area contributed by atoms with E-state index in [1.807, 2.05) is 13.1 Å². The molecule has 0 radical (unpaired) electrons. The van der Waals surface area contributed by atoms with E-state index in [1.54, 1.807) is 17.4 Å². The molecule has 1 N–H and O–H groups in total. The lowest BCUT2D eigenvalue weighted by Crippen LogP contribution is -2.51. The molecule has 1 amide bonds. The summed E-state index contributed by atoms with van der Waals surface area (Å²) in [6, 6.07) is 2.32. The molecule has 0 bridgehead atoms. The minimum absolute atomic E-state index is 0.148. The van der Waals surface area contributed by atoms with Crippen LogP contribution >= 0.6 is 0 Å². The van der Waals surface area contributed by atoms with Crippen molar-refractivity contribution in [3.63, 3.8) is 0 Å². The summed E-state index contributed by atoms with van der Waals surface area (Å²) in [4.78, 5) is 24.3. The van der Waals surface area contributed by atoms with Crippen molar-refractivity contribution in [1.82, 2.24) is 19.6 Å². The van der Waals surface area contributed by atoms with Crippen LogP contribution in [0.5, 0.6) is 0 Å². The number of aromatic nitrogens is 2. The first-order valence-corrected chi connectivity index (χ1v) is 9.88. The molecule has 2 fully saturated rings. The number of nitrogens with one attached hydrogen (secondary N) is 1. The van der Waals surface area contributed by atoms with E-state index in [1.165, 1.54) is 0 Å². The maximum Gasteiger partial charge on any atom is 0.237 e. The predicted octanol–water partition coefficient (Wildman–Crippen LogP) is -0.157. The lowest BCUT2D eigenvalue weighted by molar-refractivity contribution is -0.129.